The van der Waals surface area contributed by atoms with Crippen molar-refractivity contribution in [2.24, 2.45) is 0 Å². The highest BCUT2D eigenvalue weighted by atomic mass is 35.5. The molecule has 2 rings (SSSR count). The summed E-state index contributed by atoms with van der Waals surface area (Å²) in [6.07, 6.45) is -4.97. The van der Waals surface area contributed by atoms with Crippen molar-refractivity contribution in [2.45, 2.75) is 12.8 Å². The number of alkyl halides is 3. The van der Waals surface area contributed by atoms with Crippen molar-refractivity contribution in [3.05, 3.63) is 63.6 Å². The third-order valence-corrected chi connectivity index (χ3v) is 3.42. The van der Waals surface area contributed by atoms with Crippen LogP contribution in [0.5, 0.6) is 5.75 Å². The highest BCUT2D eigenvalue weighted by Gasteiger charge is 2.40. The Kier molecular flexibility index (Phi) is 4.98. The molecule has 0 bridgehead atoms. The molecule has 0 aliphatic heterocycles. The van der Waals surface area contributed by atoms with Crippen molar-refractivity contribution in [2.75, 3.05) is 0 Å². The first-order valence-electron chi connectivity index (χ1n) is 6.06. The van der Waals surface area contributed by atoms with E-state index >= 15 is 0 Å². The molecule has 2 aromatic rings. The second kappa shape index (κ2) is 6.58. The van der Waals surface area contributed by atoms with Gasteiger partial charge >= 0.3 is 6.18 Å². The van der Waals surface area contributed by atoms with E-state index in [1.165, 1.54) is 12.1 Å². The molecule has 0 unspecified atom stereocenters. The minimum Gasteiger partial charge on any atom is -0.489 e. The lowest BCUT2D eigenvalue weighted by atomic mass is 10.0. The zero-order valence-electron chi connectivity index (χ0n) is 11.0. The van der Waals surface area contributed by atoms with Crippen LogP contribution in [-0.2, 0) is 6.61 Å². The number of ether oxygens (including phenoxy) is 1. The quantitative estimate of drug-likeness (QED) is 0.699. The zero-order valence-corrected chi connectivity index (χ0v) is 12.5. The van der Waals surface area contributed by atoms with E-state index in [0.717, 1.165) is 6.07 Å². The number of hydrogen-bond donors (Lipinski definition) is 0. The molecule has 0 aliphatic rings. The van der Waals surface area contributed by atoms with Crippen LogP contribution in [0, 0.1) is 0 Å². The largest absolute Gasteiger partial charge is 0.489 e. The van der Waals surface area contributed by atoms with Gasteiger partial charge in [-0.2, -0.15) is 13.2 Å². The first-order chi connectivity index (χ1) is 10.3. The number of halogens is 5. The van der Waals surface area contributed by atoms with Crippen LogP contribution >= 0.6 is 23.2 Å². The minimum absolute atomic E-state index is 0.0126. The van der Waals surface area contributed by atoms with Crippen molar-refractivity contribution >= 4 is 29.0 Å². The Labute approximate surface area is 134 Å². The molecule has 2 nitrogen and oxygen atoms in total. The van der Waals surface area contributed by atoms with Gasteiger partial charge in [0.2, 0.25) is 0 Å². The molecule has 0 radical (unpaired) electrons. The Bertz CT molecular complexity index is 682. The Balaban J connectivity index is 2.26. The third kappa shape index (κ3) is 3.93. The molecule has 2 aromatic carbocycles. The molecule has 22 heavy (non-hydrogen) atoms. The summed E-state index contributed by atoms with van der Waals surface area (Å²) in [4.78, 5) is 11.4. The molecular weight excluding hydrogens is 340 g/mol. The fourth-order valence-corrected chi connectivity index (χ4v) is 2.11. The monoisotopic (exact) mass is 348 g/mol. The molecule has 7 heteroatoms. The van der Waals surface area contributed by atoms with Gasteiger partial charge in [0.25, 0.3) is 5.78 Å². The molecule has 0 heterocycles. The highest BCUT2D eigenvalue weighted by molar-refractivity contribution is 6.32. The number of carbonyl (C=O) groups excluding carboxylic acids is 1. The van der Waals surface area contributed by atoms with Crippen LogP contribution in [0.1, 0.15) is 15.9 Å². The zero-order chi connectivity index (χ0) is 16.3. The van der Waals surface area contributed by atoms with E-state index in [2.05, 4.69) is 0 Å². The lowest BCUT2D eigenvalue weighted by Crippen LogP contribution is -2.24. The molecule has 0 saturated carbocycles. The Morgan fingerprint density at radius 3 is 2.27 bits per heavy atom. The van der Waals surface area contributed by atoms with Gasteiger partial charge in [-0.25, -0.2) is 0 Å². The molecule has 0 fully saturated rings. The maximum Gasteiger partial charge on any atom is 0.454 e. The van der Waals surface area contributed by atoms with Crippen molar-refractivity contribution in [1.82, 2.24) is 0 Å². The van der Waals surface area contributed by atoms with Gasteiger partial charge in [-0.1, -0.05) is 35.3 Å². The van der Waals surface area contributed by atoms with Gasteiger partial charge < -0.3 is 4.74 Å². The summed E-state index contributed by atoms with van der Waals surface area (Å²) in [6, 6.07) is 10.0. The van der Waals surface area contributed by atoms with Crippen molar-refractivity contribution in [1.29, 1.82) is 0 Å². The fourth-order valence-electron chi connectivity index (χ4n) is 1.76. The van der Waals surface area contributed by atoms with Crippen LogP contribution in [0.3, 0.4) is 0 Å². The van der Waals surface area contributed by atoms with Crippen LogP contribution in [0.25, 0.3) is 0 Å². The van der Waals surface area contributed by atoms with E-state index in [1.54, 1.807) is 24.3 Å². The van der Waals surface area contributed by atoms with Crippen LogP contribution in [0.15, 0.2) is 42.5 Å². The summed E-state index contributed by atoms with van der Waals surface area (Å²) in [7, 11) is 0. The SMILES string of the molecule is O=C(c1cccc(Cl)c1COc1ccc(Cl)cc1)C(F)(F)F. The molecule has 0 spiro atoms. The van der Waals surface area contributed by atoms with E-state index < -0.39 is 17.5 Å². The van der Waals surface area contributed by atoms with Crippen molar-refractivity contribution in [3.63, 3.8) is 0 Å². The number of rotatable bonds is 4. The predicted octanol–water partition coefficient (Wildman–Crippen LogP) is 5.32. The van der Waals surface area contributed by atoms with Crippen molar-refractivity contribution < 1.29 is 22.7 Å². The second-order valence-corrected chi connectivity index (χ2v) is 5.18. The van der Waals surface area contributed by atoms with Gasteiger partial charge in [0.15, 0.2) is 0 Å². The molecular formula is C15H9Cl2F3O2. The number of benzene rings is 2. The highest BCUT2D eigenvalue weighted by Crippen LogP contribution is 2.28. The van der Waals surface area contributed by atoms with Gasteiger partial charge in [0.1, 0.15) is 12.4 Å². The lowest BCUT2D eigenvalue weighted by Gasteiger charge is -2.13. The molecule has 0 amide bonds. The molecule has 0 aliphatic carbocycles. The van der Waals surface area contributed by atoms with E-state index in [-0.39, 0.29) is 17.2 Å². The summed E-state index contributed by atoms with van der Waals surface area (Å²) < 4.78 is 43.2. The normalized spacial score (nSPS) is 11.3. The van der Waals surface area contributed by atoms with Gasteiger partial charge in [0, 0.05) is 21.2 Å². The van der Waals surface area contributed by atoms with Gasteiger partial charge in [-0.15, -0.1) is 0 Å². The molecule has 0 aromatic heterocycles. The van der Waals surface area contributed by atoms with E-state index in [0.29, 0.717) is 10.8 Å². The number of Topliss-reactive ketones (excluding diaryl/α,β-unsaturated/α-hetero) is 1. The Morgan fingerprint density at radius 2 is 1.68 bits per heavy atom. The van der Waals surface area contributed by atoms with E-state index in [9.17, 15) is 18.0 Å². The van der Waals surface area contributed by atoms with E-state index in [1.807, 2.05) is 0 Å². The first kappa shape index (κ1) is 16.6. The van der Waals surface area contributed by atoms with Crippen molar-refractivity contribution in [3.8, 4) is 5.75 Å². The number of carbonyl (C=O) groups is 1. The average Bonchev–Trinajstić information content (AvgIpc) is 2.46. The number of hydrogen-bond acceptors (Lipinski definition) is 2. The predicted molar refractivity (Wildman–Crippen MR) is 77.6 cm³/mol. The third-order valence-electron chi connectivity index (χ3n) is 2.82. The van der Waals surface area contributed by atoms with Crippen LogP contribution < -0.4 is 4.74 Å². The number of ketones is 1. The minimum atomic E-state index is -4.97. The van der Waals surface area contributed by atoms with Crippen LogP contribution in [0.2, 0.25) is 10.0 Å². The molecule has 0 saturated heterocycles. The summed E-state index contributed by atoms with van der Waals surface area (Å²) in [6.45, 7) is -0.265. The van der Waals surface area contributed by atoms with Crippen LogP contribution in [0.4, 0.5) is 13.2 Å². The first-order valence-corrected chi connectivity index (χ1v) is 6.82. The Hall–Kier alpha value is -1.72. The summed E-state index contributed by atoms with van der Waals surface area (Å²) >= 11 is 11.6. The molecule has 0 atom stereocenters. The summed E-state index contributed by atoms with van der Waals surface area (Å²) in [5.41, 5.74) is -0.532. The topological polar surface area (TPSA) is 26.3 Å². The Morgan fingerprint density at radius 1 is 1.05 bits per heavy atom. The lowest BCUT2D eigenvalue weighted by molar-refractivity contribution is -0.0886. The average molecular weight is 349 g/mol. The maximum absolute atomic E-state index is 12.6. The maximum atomic E-state index is 12.6. The van der Waals surface area contributed by atoms with E-state index in [4.69, 9.17) is 27.9 Å². The smallest absolute Gasteiger partial charge is 0.454 e. The van der Waals surface area contributed by atoms with Gasteiger partial charge in [-0.3, -0.25) is 4.79 Å². The molecule has 116 valence electrons. The van der Waals surface area contributed by atoms with Crippen LogP contribution in [-0.4, -0.2) is 12.0 Å². The fraction of sp³-hybridized carbons (Fsp3) is 0.133. The van der Waals surface area contributed by atoms with Gasteiger partial charge in [-0.05, 0) is 30.3 Å². The van der Waals surface area contributed by atoms with Gasteiger partial charge in [0.05, 0.1) is 0 Å². The summed E-state index contributed by atoms with van der Waals surface area (Å²) in [5.74, 6) is -1.56. The molecule has 0 N–H and O–H groups in total. The standard InChI is InChI=1S/C15H9Cl2F3O2/c16-9-4-6-10(7-5-9)22-8-12-11(2-1-3-13(12)17)14(21)15(18,19)20/h1-7H,8H2. The summed E-state index contributed by atoms with van der Waals surface area (Å²) in [5, 5.41) is 0.530. The second-order valence-electron chi connectivity index (χ2n) is 4.34.